The fourth-order valence-electron chi connectivity index (χ4n) is 2.73. The predicted molar refractivity (Wildman–Crippen MR) is 111 cm³/mol. The van der Waals surface area contributed by atoms with E-state index in [-0.39, 0.29) is 24.5 Å². The van der Waals surface area contributed by atoms with Crippen LogP contribution in [0.5, 0.6) is 5.75 Å². The van der Waals surface area contributed by atoms with Gasteiger partial charge in [0, 0.05) is 6.54 Å². The molecule has 30 heavy (non-hydrogen) atoms. The Kier molecular flexibility index (Phi) is 6.96. The Labute approximate surface area is 175 Å². The lowest BCUT2D eigenvalue weighted by Crippen LogP contribution is -2.26. The van der Waals surface area contributed by atoms with Gasteiger partial charge in [-0.1, -0.05) is 12.1 Å². The van der Waals surface area contributed by atoms with Crippen LogP contribution in [0.3, 0.4) is 0 Å². The molecule has 0 amide bonds. The van der Waals surface area contributed by atoms with E-state index in [1.807, 2.05) is 31.2 Å². The first kappa shape index (κ1) is 21.7. The topological polar surface area (TPSA) is 107 Å². The summed E-state index contributed by atoms with van der Waals surface area (Å²) in [5.41, 5.74) is 2.74. The number of esters is 1. The highest BCUT2D eigenvalue weighted by Gasteiger charge is 2.15. The molecule has 0 spiro atoms. The van der Waals surface area contributed by atoms with Crippen molar-refractivity contribution in [3.63, 3.8) is 0 Å². The van der Waals surface area contributed by atoms with Gasteiger partial charge in [0.1, 0.15) is 12.4 Å². The molecule has 0 aliphatic heterocycles. The average molecular weight is 429 g/mol. The monoisotopic (exact) mass is 429 g/mol. The Morgan fingerprint density at radius 2 is 1.70 bits per heavy atom. The van der Waals surface area contributed by atoms with Crippen molar-refractivity contribution >= 4 is 27.0 Å². The van der Waals surface area contributed by atoms with Crippen molar-refractivity contribution < 1.29 is 22.7 Å². The number of aromatic nitrogens is 2. The van der Waals surface area contributed by atoms with Gasteiger partial charge in [0.25, 0.3) is 0 Å². The van der Waals surface area contributed by atoms with Gasteiger partial charge in [-0.2, -0.15) is 0 Å². The van der Waals surface area contributed by atoms with E-state index in [0.29, 0.717) is 23.7 Å². The lowest BCUT2D eigenvalue weighted by Gasteiger charge is -2.09. The van der Waals surface area contributed by atoms with Crippen LogP contribution in [0.2, 0.25) is 0 Å². The molecule has 0 saturated heterocycles. The Bertz CT molecular complexity index is 1130. The third kappa shape index (κ3) is 5.52. The zero-order valence-corrected chi connectivity index (χ0v) is 17.6. The number of benzene rings is 2. The maximum Gasteiger partial charge on any atom is 0.307 e. The molecule has 0 aliphatic rings. The van der Waals surface area contributed by atoms with E-state index < -0.39 is 16.0 Å². The standard InChI is InChI=1S/C21H23N3O5S/c1-3-28-16-8-10-17(11-9-16)30(26,27)22-13-12-21(25)29-14-20-15(2)23-18-6-4-5-7-19(18)24-20/h4-11,22H,3,12-14H2,1-2H3. The second-order valence-corrected chi connectivity index (χ2v) is 8.22. The van der Waals surface area contributed by atoms with E-state index in [9.17, 15) is 13.2 Å². The number of ether oxygens (including phenoxy) is 2. The summed E-state index contributed by atoms with van der Waals surface area (Å²) in [6.45, 7) is 4.05. The van der Waals surface area contributed by atoms with Gasteiger partial charge in [-0.25, -0.2) is 23.1 Å². The van der Waals surface area contributed by atoms with Crippen LogP contribution in [0.15, 0.2) is 53.4 Å². The van der Waals surface area contributed by atoms with E-state index in [1.54, 1.807) is 19.1 Å². The summed E-state index contributed by atoms with van der Waals surface area (Å²) in [7, 11) is -3.72. The first-order chi connectivity index (χ1) is 14.4. The van der Waals surface area contributed by atoms with Crippen LogP contribution < -0.4 is 9.46 Å². The van der Waals surface area contributed by atoms with E-state index in [0.717, 1.165) is 11.0 Å². The summed E-state index contributed by atoms with van der Waals surface area (Å²) in [5, 5.41) is 0. The van der Waals surface area contributed by atoms with E-state index in [1.165, 1.54) is 12.1 Å². The molecule has 3 rings (SSSR count). The lowest BCUT2D eigenvalue weighted by atomic mass is 10.2. The van der Waals surface area contributed by atoms with Crippen LogP contribution in [0.1, 0.15) is 24.7 Å². The summed E-state index contributed by atoms with van der Waals surface area (Å²) < 4.78 is 37.5. The second-order valence-electron chi connectivity index (χ2n) is 6.46. The molecule has 0 fully saturated rings. The zero-order chi connectivity index (χ0) is 21.6. The number of carbonyl (C=O) groups is 1. The molecule has 1 heterocycles. The third-order valence-corrected chi connectivity index (χ3v) is 5.76. The normalized spacial score (nSPS) is 11.4. The summed E-state index contributed by atoms with van der Waals surface area (Å²) in [4.78, 5) is 21.0. The van der Waals surface area contributed by atoms with Gasteiger partial charge in [0.2, 0.25) is 10.0 Å². The smallest absolute Gasteiger partial charge is 0.307 e. The van der Waals surface area contributed by atoms with Gasteiger partial charge in [-0.3, -0.25) is 4.79 Å². The number of nitrogens with one attached hydrogen (secondary N) is 1. The van der Waals surface area contributed by atoms with Gasteiger partial charge in [-0.15, -0.1) is 0 Å². The number of para-hydroxylation sites is 2. The molecule has 0 saturated carbocycles. The van der Waals surface area contributed by atoms with Crippen molar-refractivity contribution in [3.8, 4) is 5.75 Å². The first-order valence-corrected chi connectivity index (χ1v) is 11.0. The molecule has 1 aromatic heterocycles. The molecule has 9 heteroatoms. The number of fused-ring (bicyclic) bond motifs is 1. The van der Waals surface area contributed by atoms with Gasteiger partial charge in [-0.05, 0) is 50.2 Å². The highest BCUT2D eigenvalue weighted by molar-refractivity contribution is 7.89. The first-order valence-electron chi connectivity index (χ1n) is 9.49. The quantitative estimate of drug-likeness (QED) is 0.521. The van der Waals surface area contributed by atoms with Crippen molar-refractivity contribution in [3.05, 3.63) is 59.9 Å². The highest BCUT2D eigenvalue weighted by atomic mass is 32.2. The Morgan fingerprint density at radius 3 is 2.37 bits per heavy atom. The largest absolute Gasteiger partial charge is 0.494 e. The van der Waals surface area contributed by atoms with Gasteiger partial charge in [0.15, 0.2) is 0 Å². The van der Waals surface area contributed by atoms with Crippen molar-refractivity contribution in [1.82, 2.24) is 14.7 Å². The molecule has 0 atom stereocenters. The predicted octanol–water partition coefficient (Wildman–Crippen LogP) is 2.75. The second kappa shape index (κ2) is 9.64. The summed E-state index contributed by atoms with van der Waals surface area (Å²) in [5.74, 6) is 0.0610. The SMILES string of the molecule is CCOc1ccc(S(=O)(=O)NCCC(=O)OCc2nc3ccccc3nc2C)cc1. The number of sulfonamides is 1. The lowest BCUT2D eigenvalue weighted by molar-refractivity contribution is -0.144. The van der Waals surface area contributed by atoms with Gasteiger partial charge >= 0.3 is 5.97 Å². The fraction of sp³-hybridized carbons (Fsp3) is 0.286. The summed E-state index contributed by atoms with van der Waals surface area (Å²) in [6.07, 6.45) is -0.101. The number of carbonyl (C=O) groups excluding carboxylic acids is 1. The number of rotatable bonds is 9. The van der Waals surface area contributed by atoms with Crippen molar-refractivity contribution in [1.29, 1.82) is 0 Å². The molecule has 3 aromatic rings. The fourth-order valence-corrected chi connectivity index (χ4v) is 3.77. The molecule has 0 unspecified atom stereocenters. The van der Waals surface area contributed by atoms with Crippen LogP contribution in [0.25, 0.3) is 11.0 Å². The average Bonchev–Trinajstić information content (AvgIpc) is 2.73. The van der Waals surface area contributed by atoms with Crippen LogP contribution in [0.4, 0.5) is 0 Å². The minimum absolute atomic E-state index is 0.0197. The van der Waals surface area contributed by atoms with Crippen molar-refractivity contribution in [2.24, 2.45) is 0 Å². The van der Waals surface area contributed by atoms with Crippen molar-refractivity contribution in [2.75, 3.05) is 13.2 Å². The number of hydrogen-bond acceptors (Lipinski definition) is 7. The Balaban J connectivity index is 1.50. The third-order valence-electron chi connectivity index (χ3n) is 4.28. The molecule has 0 bridgehead atoms. The maximum absolute atomic E-state index is 12.3. The van der Waals surface area contributed by atoms with Gasteiger partial charge < -0.3 is 9.47 Å². The minimum Gasteiger partial charge on any atom is -0.494 e. The zero-order valence-electron chi connectivity index (χ0n) is 16.8. The molecule has 1 N–H and O–H groups in total. The number of hydrogen-bond donors (Lipinski definition) is 1. The molecule has 0 aliphatic carbocycles. The Hall–Kier alpha value is -3.04. The molecule has 158 valence electrons. The van der Waals surface area contributed by atoms with E-state index in [4.69, 9.17) is 9.47 Å². The molecule has 0 radical (unpaired) electrons. The highest BCUT2D eigenvalue weighted by Crippen LogP contribution is 2.16. The van der Waals surface area contributed by atoms with Crippen LogP contribution in [0, 0.1) is 6.92 Å². The number of aryl methyl sites for hydroxylation is 1. The van der Waals surface area contributed by atoms with Crippen LogP contribution in [-0.2, 0) is 26.2 Å². The van der Waals surface area contributed by atoms with E-state index in [2.05, 4.69) is 14.7 Å². The van der Waals surface area contributed by atoms with Crippen LogP contribution in [-0.4, -0.2) is 37.5 Å². The molecular weight excluding hydrogens is 406 g/mol. The maximum atomic E-state index is 12.3. The molecule has 8 nitrogen and oxygen atoms in total. The minimum atomic E-state index is -3.72. The van der Waals surface area contributed by atoms with E-state index >= 15 is 0 Å². The Morgan fingerprint density at radius 1 is 1.03 bits per heavy atom. The van der Waals surface area contributed by atoms with Crippen LogP contribution >= 0.6 is 0 Å². The van der Waals surface area contributed by atoms with Gasteiger partial charge in [0.05, 0.1) is 40.3 Å². The summed E-state index contributed by atoms with van der Waals surface area (Å²) in [6, 6.07) is 13.5. The molecular formula is C21H23N3O5S. The molecule has 2 aromatic carbocycles. The number of nitrogens with zero attached hydrogens (tertiary/aromatic N) is 2. The summed E-state index contributed by atoms with van der Waals surface area (Å²) >= 11 is 0. The van der Waals surface area contributed by atoms with Crippen molar-refractivity contribution in [2.45, 2.75) is 31.8 Å².